The Hall–Kier alpha value is -1.47. The Balaban J connectivity index is 1.92. The van der Waals surface area contributed by atoms with Gasteiger partial charge in [0.05, 0.1) is 16.6 Å². The highest BCUT2D eigenvalue weighted by Gasteiger charge is 2.52. The lowest BCUT2D eigenvalue weighted by Gasteiger charge is -2.35. The molecule has 0 amide bonds. The van der Waals surface area contributed by atoms with Crippen LogP contribution in [-0.4, -0.2) is 26.4 Å². The summed E-state index contributed by atoms with van der Waals surface area (Å²) in [5.41, 5.74) is 0.233. The van der Waals surface area contributed by atoms with E-state index in [9.17, 15) is 10.1 Å². The molecule has 1 saturated carbocycles. The van der Waals surface area contributed by atoms with E-state index < -0.39 is 11.2 Å². The molecule has 0 radical (unpaired) electrons. The van der Waals surface area contributed by atoms with E-state index in [-0.39, 0.29) is 17.4 Å². The molecule has 2 aliphatic rings. The molecule has 0 unspecified atom stereocenters. The van der Waals surface area contributed by atoms with Gasteiger partial charge in [-0.3, -0.25) is 14.8 Å². The SMILES string of the molecule is CC[C@@H]1CC2(CC2)O[C@H](c2c([N+](=O)[O-])cnn2C)O1. The molecule has 104 valence electrons. The lowest BCUT2D eigenvalue weighted by molar-refractivity contribution is -0.388. The van der Waals surface area contributed by atoms with Gasteiger partial charge >= 0.3 is 5.69 Å². The first-order chi connectivity index (χ1) is 9.04. The van der Waals surface area contributed by atoms with Crippen LogP contribution in [0.2, 0.25) is 0 Å². The summed E-state index contributed by atoms with van der Waals surface area (Å²) >= 11 is 0. The molecule has 1 saturated heterocycles. The maximum absolute atomic E-state index is 11.0. The molecule has 7 nitrogen and oxygen atoms in total. The Morgan fingerprint density at radius 1 is 1.63 bits per heavy atom. The quantitative estimate of drug-likeness (QED) is 0.618. The van der Waals surface area contributed by atoms with E-state index in [2.05, 4.69) is 12.0 Å². The van der Waals surface area contributed by atoms with Crippen molar-refractivity contribution in [3.05, 3.63) is 22.0 Å². The second-order valence-corrected chi connectivity index (χ2v) is 5.30. The van der Waals surface area contributed by atoms with E-state index in [0.29, 0.717) is 5.69 Å². The minimum atomic E-state index is -0.686. The van der Waals surface area contributed by atoms with Crippen LogP contribution in [0.3, 0.4) is 0 Å². The van der Waals surface area contributed by atoms with Crippen molar-refractivity contribution < 1.29 is 14.4 Å². The lowest BCUT2D eigenvalue weighted by atomic mass is 10.1. The fourth-order valence-corrected chi connectivity index (χ4v) is 2.61. The van der Waals surface area contributed by atoms with Gasteiger partial charge in [0, 0.05) is 13.5 Å². The van der Waals surface area contributed by atoms with Crippen LogP contribution in [-0.2, 0) is 16.5 Å². The third-order valence-corrected chi connectivity index (χ3v) is 3.92. The second kappa shape index (κ2) is 4.28. The van der Waals surface area contributed by atoms with E-state index in [1.807, 2.05) is 0 Å². The summed E-state index contributed by atoms with van der Waals surface area (Å²) in [5, 5.41) is 15.0. The van der Waals surface area contributed by atoms with Crippen molar-refractivity contribution in [2.75, 3.05) is 0 Å². The van der Waals surface area contributed by atoms with Crippen LogP contribution in [0, 0.1) is 10.1 Å². The molecule has 0 bridgehead atoms. The highest BCUT2D eigenvalue weighted by Crippen LogP contribution is 2.52. The minimum absolute atomic E-state index is 0.0416. The van der Waals surface area contributed by atoms with Gasteiger partial charge in [0.15, 0.2) is 5.69 Å². The van der Waals surface area contributed by atoms with Gasteiger partial charge in [-0.2, -0.15) is 5.10 Å². The first-order valence-electron chi connectivity index (χ1n) is 6.54. The maximum Gasteiger partial charge on any atom is 0.315 e. The van der Waals surface area contributed by atoms with Gasteiger partial charge in [-0.25, -0.2) is 0 Å². The first kappa shape index (κ1) is 12.6. The van der Waals surface area contributed by atoms with Gasteiger partial charge in [0.2, 0.25) is 6.29 Å². The standard InChI is InChI=1S/C12H17N3O4/c1-3-8-6-12(4-5-12)19-11(18-8)10-9(15(16)17)7-13-14(10)2/h7-8,11H,3-6H2,1-2H3/t8-,11-/m1/s1. The first-order valence-corrected chi connectivity index (χ1v) is 6.54. The average molecular weight is 267 g/mol. The van der Waals surface area contributed by atoms with Crippen LogP contribution in [0.25, 0.3) is 0 Å². The van der Waals surface area contributed by atoms with E-state index >= 15 is 0 Å². The number of hydrogen-bond acceptors (Lipinski definition) is 5. The molecule has 0 N–H and O–H groups in total. The normalized spacial score (nSPS) is 28.5. The van der Waals surface area contributed by atoms with Crippen molar-refractivity contribution in [1.29, 1.82) is 0 Å². The van der Waals surface area contributed by atoms with Crippen molar-refractivity contribution >= 4 is 5.69 Å². The van der Waals surface area contributed by atoms with Gasteiger partial charge < -0.3 is 9.47 Å². The number of aromatic nitrogens is 2. The highest BCUT2D eigenvalue weighted by molar-refractivity contribution is 5.34. The number of ether oxygens (including phenoxy) is 2. The fourth-order valence-electron chi connectivity index (χ4n) is 2.61. The summed E-state index contributed by atoms with van der Waals surface area (Å²) in [6.07, 6.45) is 4.44. The molecule has 0 aromatic carbocycles. The molecule has 3 rings (SSSR count). The van der Waals surface area contributed by atoms with Crippen molar-refractivity contribution in [2.24, 2.45) is 7.05 Å². The van der Waals surface area contributed by atoms with Gasteiger partial charge in [-0.1, -0.05) is 6.92 Å². The minimum Gasteiger partial charge on any atom is -0.343 e. The summed E-state index contributed by atoms with van der Waals surface area (Å²) in [4.78, 5) is 10.6. The predicted octanol–water partition coefficient (Wildman–Crippen LogP) is 2.08. The van der Waals surface area contributed by atoms with Gasteiger partial charge in [0.25, 0.3) is 0 Å². The van der Waals surface area contributed by atoms with Crippen molar-refractivity contribution in [2.45, 2.75) is 50.6 Å². The molecule has 1 aromatic heterocycles. The summed E-state index contributed by atoms with van der Waals surface area (Å²) < 4.78 is 13.3. The van der Waals surface area contributed by atoms with Crippen molar-refractivity contribution in [3.63, 3.8) is 0 Å². The summed E-state index contributed by atoms with van der Waals surface area (Å²) in [6, 6.07) is 0. The topological polar surface area (TPSA) is 79.4 Å². The molecule has 1 aliphatic carbocycles. The van der Waals surface area contributed by atoms with Crippen LogP contribution in [0.1, 0.15) is 44.6 Å². The second-order valence-electron chi connectivity index (χ2n) is 5.30. The largest absolute Gasteiger partial charge is 0.343 e. The average Bonchev–Trinajstić information content (AvgIpc) is 2.98. The Morgan fingerprint density at radius 2 is 2.37 bits per heavy atom. The number of nitro groups is 1. The molecule has 1 aromatic rings. The zero-order valence-corrected chi connectivity index (χ0v) is 11.0. The van der Waals surface area contributed by atoms with Crippen molar-refractivity contribution in [3.8, 4) is 0 Å². The zero-order valence-electron chi connectivity index (χ0n) is 11.0. The monoisotopic (exact) mass is 267 g/mol. The molecule has 1 aliphatic heterocycles. The molecule has 2 heterocycles. The molecule has 1 spiro atoms. The number of nitrogens with zero attached hydrogens (tertiary/aromatic N) is 3. The number of hydrogen-bond donors (Lipinski definition) is 0. The maximum atomic E-state index is 11.0. The zero-order chi connectivity index (χ0) is 13.6. The third-order valence-electron chi connectivity index (χ3n) is 3.92. The van der Waals surface area contributed by atoms with E-state index in [1.54, 1.807) is 7.05 Å². The van der Waals surface area contributed by atoms with Crippen molar-refractivity contribution in [1.82, 2.24) is 9.78 Å². The van der Waals surface area contributed by atoms with Crippen LogP contribution in [0.15, 0.2) is 6.20 Å². The van der Waals surface area contributed by atoms with Gasteiger partial charge in [-0.05, 0) is 19.3 Å². The Labute approximate surface area is 110 Å². The Bertz CT molecular complexity index is 509. The lowest BCUT2D eigenvalue weighted by Crippen LogP contribution is -2.35. The molecule has 2 atom stereocenters. The summed E-state index contributed by atoms with van der Waals surface area (Å²) in [6.45, 7) is 2.06. The van der Waals surface area contributed by atoms with Crippen LogP contribution >= 0.6 is 0 Å². The Kier molecular flexibility index (Phi) is 2.83. The smallest absolute Gasteiger partial charge is 0.315 e. The fraction of sp³-hybridized carbons (Fsp3) is 0.750. The third kappa shape index (κ3) is 2.12. The summed E-state index contributed by atoms with van der Waals surface area (Å²) in [7, 11) is 1.67. The van der Waals surface area contributed by atoms with E-state index in [1.165, 1.54) is 10.9 Å². The molecule has 7 heteroatoms. The molecular weight excluding hydrogens is 250 g/mol. The highest BCUT2D eigenvalue weighted by atomic mass is 16.7. The van der Waals surface area contributed by atoms with Crippen LogP contribution in [0.5, 0.6) is 0 Å². The van der Waals surface area contributed by atoms with E-state index in [0.717, 1.165) is 25.7 Å². The van der Waals surface area contributed by atoms with E-state index in [4.69, 9.17) is 9.47 Å². The number of aryl methyl sites for hydroxylation is 1. The van der Waals surface area contributed by atoms with Gasteiger partial charge in [0.1, 0.15) is 6.20 Å². The van der Waals surface area contributed by atoms with Crippen LogP contribution in [0.4, 0.5) is 5.69 Å². The number of rotatable bonds is 3. The Morgan fingerprint density at radius 3 is 2.95 bits per heavy atom. The predicted molar refractivity (Wildman–Crippen MR) is 65.4 cm³/mol. The summed E-state index contributed by atoms with van der Waals surface area (Å²) in [5.74, 6) is 0. The molecule has 2 fully saturated rings. The van der Waals surface area contributed by atoms with Crippen LogP contribution < -0.4 is 0 Å². The van der Waals surface area contributed by atoms with Gasteiger partial charge in [-0.15, -0.1) is 0 Å². The molecular formula is C12H17N3O4. The molecule has 19 heavy (non-hydrogen) atoms.